The second-order valence-electron chi connectivity index (χ2n) is 7.42. The summed E-state index contributed by atoms with van der Waals surface area (Å²) < 4.78 is 5.57. The van der Waals surface area contributed by atoms with Gasteiger partial charge in [-0.05, 0) is 43.5 Å². The highest BCUT2D eigenvalue weighted by molar-refractivity contribution is 5.83. The molecule has 4 heteroatoms. The van der Waals surface area contributed by atoms with E-state index in [1.165, 1.54) is 16.3 Å². The number of carbonyl (C=O) groups is 1. The number of nitrogens with zero attached hydrogens (tertiary/aromatic N) is 1. The quantitative estimate of drug-likeness (QED) is 0.917. The van der Waals surface area contributed by atoms with Crippen LogP contribution in [0.5, 0.6) is 0 Å². The van der Waals surface area contributed by atoms with Crippen LogP contribution in [-0.2, 0) is 11.2 Å². The van der Waals surface area contributed by atoms with Crippen molar-refractivity contribution in [2.24, 2.45) is 0 Å². The molecular formula is C20H26N2O2. The lowest BCUT2D eigenvalue weighted by atomic mass is 10.00. The molecule has 0 saturated carbocycles. The second kappa shape index (κ2) is 6.81. The Labute approximate surface area is 143 Å². The summed E-state index contributed by atoms with van der Waals surface area (Å²) >= 11 is 0. The van der Waals surface area contributed by atoms with Crippen molar-refractivity contribution in [2.45, 2.75) is 38.8 Å². The Hall–Kier alpha value is -2.07. The zero-order valence-electron chi connectivity index (χ0n) is 14.7. The third kappa shape index (κ3) is 4.06. The maximum Gasteiger partial charge on any atom is 0.410 e. The number of ether oxygens (including phenoxy) is 1. The van der Waals surface area contributed by atoms with Gasteiger partial charge in [0, 0.05) is 19.6 Å². The number of nitrogens with one attached hydrogen (secondary N) is 1. The van der Waals surface area contributed by atoms with Crippen LogP contribution in [0.1, 0.15) is 26.3 Å². The highest BCUT2D eigenvalue weighted by Gasteiger charge is 2.30. The van der Waals surface area contributed by atoms with Crippen LogP contribution in [0.15, 0.2) is 42.5 Å². The fourth-order valence-electron chi connectivity index (χ4n) is 3.14. The standard InChI is InChI=1S/C20H26N2O2/c1-20(2,3)24-19(23)22-11-10-21-14-18(22)13-15-8-9-16-6-4-5-7-17(16)12-15/h4-9,12,18,21H,10-11,13-14H2,1-3H3/t18-/m1/s1. The van der Waals surface area contributed by atoms with Crippen molar-refractivity contribution < 1.29 is 9.53 Å². The van der Waals surface area contributed by atoms with E-state index in [0.29, 0.717) is 6.54 Å². The molecule has 0 radical (unpaired) electrons. The van der Waals surface area contributed by atoms with E-state index in [2.05, 4.69) is 47.8 Å². The highest BCUT2D eigenvalue weighted by atomic mass is 16.6. The Morgan fingerprint density at radius 2 is 1.96 bits per heavy atom. The van der Waals surface area contributed by atoms with Crippen molar-refractivity contribution >= 4 is 16.9 Å². The number of piperazine rings is 1. The van der Waals surface area contributed by atoms with E-state index in [-0.39, 0.29) is 12.1 Å². The molecule has 1 aliphatic rings. The van der Waals surface area contributed by atoms with E-state index < -0.39 is 5.60 Å². The molecule has 0 unspecified atom stereocenters. The van der Waals surface area contributed by atoms with Gasteiger partial charge in [-0.3, -0.25) is 0 Å². The van der Waals surface area contributed by atoms with Gasteiger partial charge in [0.1, 0.15) is 5.60 Å². The minimum absolute atomic E-state index is 0.120. The second-order valence-corrected chi connectivity index (χ2v) is 7.42. The normalized spacial score (nSPS) is 18.6. The zero-order chi connectivity index (χ0) is 17.2. The van der Waals surface area contributed by atoms with Crippen LogP contribution < -0.4 is 5.32 Å². The van der Waals surface area contributed by atoms with E-state index in [1.807, 2.05) is 25.7 Å². The number of rotatable bonds is 2. The summed E-state index contributed by atoms with van der Waals surface area (Å²) in [5, 5.41) is 5.87. The molecule has 1 saturated heterocycles. The van der Waals surface area contributed by atoms with Crippen LogP contribution in [0, 0.1) is 0 Å². The Morgan fingerprint density at radius 1 is 1.21 bits per heavy atom. The monoisotopic (exact) mass is 326 g/mol. The Balaban J connectivity index is 1.76. The summed E-state index contributed by atoms with van der Waals surface area (Å²) in [6.45, 7) is 8.02. The summed E-state index contributed by atoms with van der Waals surface area (Å²) in [7, 11) is 0. The number of amides is 1. The van der Waals surface area contributed by atoms with Gasteiger partial charge in [-0.2, -0.15) is 0 Å². The number of benzene rings is 2. The maximum atomic E-state index is 12.5. The van der Waals surface area contributed by atoms with Crippen molar-refractivity contribution in [1.82, 2.24) is 10.2 Å². The molecular weight excluding hydrogens is 300 g/mol. The molecule has 1 atom stereocenters. The molecule has 3 rings (SSSR count). The van der Waals surface area contributed by atoms with E-state index in [9.17, 15) is 4.79 Å². The van der Waals surface area contributed by atoms with Gasteiger partial charge in [-0.25, -0.2) is 4.79 Å². The van der Waals surface area contributed by atoms with Gasteiger partial charge in [-0.1, -0.05) is 42.5 Å². The average molecular weight is 326 g/mol. The van der Waals surface area contributed by atoms with Crippen LogP contribution in [0.2, 0.25) is 0 Å². The largest absolute Gasteiger partial charge is 0.444 e. The number of hydrogen-bond acceptors (Lipinski definition) is 3. The van der Waals surface area contributed by atoms with Crippen LogP contribution in [-0.4, -0.2) is 42.3 Å². The molecule has 2 aromatic rings. The van der Waals surface area contributed by atoms with Crippen LogP contribution in [0.3, 0.4) is 0 Å². The molecule has 1 amide bonds. The molecule has 0 aliphatic carbocycles. The number of fused-ring (bicyclic) bond motifs is 1. The third-order valence-corrected chi connectivity index (χ3v) is 4.26. The van der Waals surface area contributed by atoms with E-state index in [4.69, 9.17) is 4.74 Å². The van der Waals surface area contributed by atoms with E-state index in [1.54, 1.807) is 0 Å². The predicted molar refractivity (Wildman–Crippen MR) is 97.2 cm³/mol. The number of hydrogen-bond donors (Lipinski definition) is 1. The smallest absolute Gasteiger partial charge is 0.410 e. The lowest BCUT2D eigenvalue weighted by Crippen LogP contribution is -2.55. The average Bonchev–Trinajstić information content (AvgIpc) is 2.53. The van der Waals surface area contributed by atoms with Gasteiger partial charge in [0.15, 0.2) is 0 Å². The molecule has 1 N–H and O–H groups in total. The summed E-state index contributed by atoms with van der Waals surface area (Å²) in [4.78, 5) is 14.4. The molecule has 0 bridgehead atoms. The first-order valence-electron chi connectivity index (χ1n) is 8.60. The van der Waals surface area contributed by atoms with Crippen molar-refractivity contribution in [2.75, 3.05) is 19.6 Å². The maximum absolute atomic E-state index is 12.5. The van der Waals surface area contributed by atoms with Crippen molar-refractivity contribution in [3.8, 4) is 0 Å². The molecule has 1 heterocycles. The van der Waals surface area contributed by atoms with Gasteiger partial charge < -0.3 is 15.0 Å². The van der Waals surface area contributed by atoms with Crippen LogP contribution in [0.25, 0.3) is 10.8 Å². The topological polar surface area (TPSA) is 41.6 Å². The molecule has 1 fully saturated rings. The van der Waals surface area contributed by atoms with Gasteiger partial charge in [0.05, 0.1) is 6.04 Å². The molecule has 4 nitrogen and oxygen atoms in total. The minimum atomic E-state index is -0.463. The van der Waals surface area contributed by atoms with Crippen molar-refractivity contribution in [3.63, 3.8) is 0 Å². The molecule has 24 heavy (non-hydrogen) atoms. The first kappa shape index (κ1) is 16.8. The van der Waals surface area contributed by atoms with Gasteiger partial charge in [0.2, 0.25) is 0 Å². The Bertz CT molecular complexity index is 721. The van der Waals surface area contributed by atoms with Crippen molar-refractivity contribution in [3.05, 3.63) is 48.0 Å². The van der Waals surface area contributed by atoms with Crippen LogP contribution in [0.4, 0.5) is 4.79 Å². The molecule has 1 aliphatic heterocycles. The lowest BCUT2D eigenvalue weighted by Gasteiger charge is -2.37. The fourth-order valence-corrected chi connectivity index (χ4v) is 3.14. The zero-order valence-corrected chi connectivity index (χ0v) is 14.7. The first-order chi connectivity index (χ1) is 11.4. The van der Waals surface area contributed by atoms with Crippen molar-refractivity contribution in [1.29, 1.82) is 0 Å². The highest BCUT2D eigenvalue weighted by Crippen LogP contribution is 2.20. The summed E-state index contributed by atoms with van der Waals surface area (Å²) in [6, 6.07) is 15.0. The lowest BCUT2D eigenvalue weighted by molar-refractivity contribution is 0.0122. The summed E-state index contributed by atoms with van der Waals surface area (Å²) in [5.74, 6) is 0. The van der Waals surface area contributed by atoms with E-state index in [0.717, 1.165) is 19.5 Å². The minimum Gasteiger partial charge on any atom is -0.444 e. The molecule has 2 aromatic carbocycles. The predicted octanol–water partition coefficient (Wildman–Crippen LogP) is 3.59. The first-order valence-corrected chi connectivity index (χ1v) is 8.60. The molecule has 0 spiro atoms. The SMILES string of the molecule is CC(C)(C)OC(=O)N1CCNC[C@H]1Cc1ccc2ccccc2c1. The molecule has 0 aromatic heterocycles. The fraction of sp³-hybridized carbons (Fsp3) is 0.450. The third-order valence-electron chi connectivity index (χ3n) is 4.26. The Morgan fingerprint density at radius 3 is 2.71 bits per heavy atom. The van der Waals surface area contributed by atoms with E-state index >= 15 is 0 Å². The summed E-state index contributed by atoms with van der Waals surface area (Å²) in [5.41, 5.74) is 0.783. The van der Waals surface area contributed by atoms with Gasteiger partial charge in [-0.15, -0.1) is 0 Å². The van der Waals surface area contributed by atoms with Crippen LogP contribution >= 0.6 is 0 Å². The Kier molecular flexibility index (Phi) is 4.76. The van der Waals surface area contributed by atoms with Gasteiger partial charge in [0.25, 0.3) is 0 Å². The summed E-state index contributed by atoms with van der Waals surface area (Å²) in [6.07, 6.45) is 0.617. The number of carbonyl (C=O) groups excluding carboxylic acids is 1. The van der Waals surface area contributed by atoms with Gasteiger partial charge >= 0.3 is 6.09 Å². The molecule has 128 valence electrons.